The Kier molecular flexibility index (Phi) is 3.13. The molecule has 1 N–H and O–H groups in total. The predicted octanol–water partition coefficient (Wildman–Crippen LogP) is 1.11. The van der Waals surface area contributed by atoms with E-state index in [0.717, 1.165) is 0 Å². The Morgan fingerprint density at radius 1 is 1.64 bits per heavy atom. The Balaban J connectivity index is 2.68. The van der Waals surface area contributed by atoms with Gasteiger partial charge in [-0.15, -0.1) is 0 Å². The van der Waals surface area contributed by atoms with Gasteiger partial charge >= 0.3 is 5.97 Å². The first kappa shape index (κ1) is 11.0. The van der Waals surface area contributed by atoms with E-state index in [4.69, 9.17) is 5.11 Å². The number of nitrogens with zero attached hydrogens (tertiary/aromatic N) is 1. The van der Waals surface area contributed by atoms with Crippen molar-refractivity contribution < 1.29 is 14.7 Å². The van der Waals surface area contributed by atoms with E-state index in [1.165, 1.54) is 0 Å². The molecule has 1 rings (SSSR count). The van der Waals surface area contributed by atoms with Gasteiger partial charge in [0.15, 0.2) is 0 Å². The van der Waals surface area contributed by atoms with E-state index >= 15 is 0 Å². The van der Waals surface area contributed by atoms with Crippen LogP contribution >= 0.6 is 0 Å². The van der Waals surface area contributed by atoms with E-state index in [2.05, 4.69) is 0 Å². The number of amides is 1. The summed E-state index contributed by atoms with van der Waals surface area (Å²) in [5.41, 5.74) is 0. The van der Waals surface area contributed by atoms with Crippen LogP contribution in [0.15, 0.2) is 0 Å². The summed E-state index contributed by atoms with van der Waals surface area (Å²) in [4.78, 5) is 23.9. The van der Waals surface area contributed by atoms with Crippen LogP contribution < -0.4 is 0 Å². The number of hydrogen-bond donors (Lipinski definition) is 1. The highest BCUT2D eigenvalue weighted by atomic mass is 16.4. The van der Waals surface area contributed by atoms with Crippen molar-refractivity contribution in [2.75, 3.05) is 0 Å². The largest absolute Gasteiger partial charge is 0.481 e. The molecule has 1 amide bonds. The number of aliphatic carboxylic acids is 1. The van der Waals surface area contributed by atoms with E-state index in [-0.39, 0.29) is 30.3 Å². The Labute approximate surface area is 83.9 Å². The minimum absolute atomic E-state index is 0.0256. The number of hydrogen-bond acceptors (Lipinski definition) is 2. The summed E-state index contributed by atoms with van der Waals surface area (Å²) in [6, 6.07) is 0.217. The van der Waals surface area contributed by atoms with Crippen molar-refractivity contribution in [1.29, 1.82) is 0 Å². The molecule has 1 aliphatic rings. The first-order valence-corrected chi connectivity index (χ1v) is 4.96. The zero-order valence-corrected chi connectivity index (χ0v) is 8.86. The van der Waals surface area contributed by atoms with Crippen LogP contribution in [-0.2, 0) is 9.59 Å². The maximum absolute atomic E-state index is 11.6. The molecule has 0 spiro atoms. The van der Waals surface area contributed by atoms with Crippen LogP contribution in [0.25, 0.3) is 0 Å². The molecule has 1 heterocycles. The summed E-state index contributed by atoms with van der Waals surface area (Å²) in [5.74, 6) is -0.763. The van der Waals surface area contributed by atoms with Crippen molar-refractivity contribution >= 4 is 11.9 Å². The third-order valence-electron chi connectivity index (χ3n) is 2.84. The Hall–Kier alpha value is -1.06. The molecule has 1 fully saturated rings. The summed E-state index contributed by atoms with van der Waals surface area (Å²) < 4.78 is 0. The van der Waals surface area contributed by atoms with Crippen LogP contribution in [0.4, 0.5) is 0 Å². The number of likely N-dealkylation sites (tertiary alicyclic amines) is 1. The molecule has 0 aromatic rings. The average Bonchev–Trinajstić information content (AvgIpc) is 2.25. The van der Waals surface area contributed by atoms with E-state index in [9.17, 15) is 9.59 Å². The molecule has 1 aliphatic heterocycles. The van der Waals surface area contributed by atoms with Crippen LogP contribution in [0.5, 0.6) is 0 Å². The molecule has 2 atom stereocenters. The van der Waals surface area contributed by atoms with Gasteiger partial charge < -0.3 is 10.0 Å². The van der Waals surface area contributed by atoms with Gasteiger partial charge in [0.2, 0.25) is 5.91 Å². The van der Waals surface area contributed by atoms with Gasteiger partial charge in [-0.05, 0) is 26.7 Å². The number of carboxylic acids is 1. The van der Waals surface area contributed by atoms with E-state index < -0.39 is 5.97 Å². The molecular formula is C10H17NO3. The molecule has 0 bridgehead atoms. The molecule has 0 radical (unpaired) electrons. The van der Waals surface area contributed by atoms with Crippen molar-refractivity contribution in [2.24, 2.45) is 5.92 Å². The van der Waals surface area contributed by atoms with Crippen LogP contribution in [0.2, 0.25) is 0 Å². The number of carbonyl (C=O) groups is 2. The van der Waals surface area contributed by atoms with Gasteiger partial charge in [0.25, 0.3) is 0 Å². The summed E-state index contributed by atoms with van der Waals surface area (Å²) in [6.07, 6.45) is 0.474. The Morgan fingerprint density at radius 3 is 2.57 bits per heavy atom. The molecule has 0 aliphatic carbocycles. The topological polar surface area (TPSA) is 57.6 Å². The highest BCUT2D eigenvalue weighted by Crippen LogP contribution is 2.29. The molecule has 0 aromatic carbocycles. The van der Waals surface area contributed by atoms with Crippen molar-refractivity contribution in [3.05, 3.63) is 0 Å². The molecular weight excluding hydrogens is 182 g/mol. The van der Waals surface area contributed by atoms with E-state index in [0.29, 0.717) is 6.42 Å². The van der Waals surface area contributed by atoms with Gasteiger partial charge in [0.1, 0.15) is 0 Å². The van der Waals surface area contributed by atoms with Gasteiger partial charge in [-0.25, -0.2) is 0 Å². The minimum Gasteiger partial charge on any atom is -0.481 e. The van der Waals surface area contributed by atoms with Gasteiger partial charge in [-0.1, -0.05) is 0 Å². The van der Waals surface area contributed by atoms with Crippen molar-refractivity contribution in [3.63, 3.8) is 0 Å². The quantitative estimate of drug-likeness (QED) is 0.740. The molecule has 1 saturated heterocycles. The lowest BCUT2D eigenvalue weighted by Gasteiger charge is -2.28. The van der Waals surface area contributed by atoms with E-state index in [1.54, 1.807) is 4.90 Å². The van der Waals surface area contributed by atoms with Crippen LogP contribution in [-0.4, -0.2) is 34.0 Å². The van der Waals surface area contributed by atoms with Crippen LogP contribution in [0, 0.1) is 5.92 Å². The maximum atomic E-state index is 11.6. The number of carboxylic acid groups (broad SMARTS) is 1. The standard InChI is InChI=1S/C10H17NO3/c1-6(2)11-7(3)8(4-9(11)12)5-10(13)14/h6-8H,4-5H2,1-3H3,(H,13,14)/t7-,8-/m0/s1. The second-order valence-electron chi connectivity index (χ2n) is 4.20. The van der Waals surface area contributed by atoms with E-state index in [1.807, 2.05) is 20.8 Å². The second kappa shape index (κ2) is 3.98. The lowest BCUT2D eigenvalue weighted by Crippen LogP contribution is -2.38. The van der Waals surface area contributed by atoms with Crippen molar-refractivity contribution in [2.45, 2.75) is 45.7 Å². The Morgan fingerprint density at radius 2 is 2.21 bits per heavy atom. The summed E-state index contributed by atoms with van der Waals surface area (Å²) in [5, 5.41) is 8.67. The smallest absolute Gasteiger partial charge is 0.303 e. The zero-order valence-electron chi connectivity index (χ0n) is 8.86. The van der Waals surface area contributed by atoms with Crippen molar-refractivity contribution in [1.82, 2.24) is 4.90 Å². The summed E-state index contributed by atoms with van der Waals surface area (Å²) in [6.45, 7) is 5.84. The van der Waals surface area contributed by atoms with Crippen LogP contribution in [0.1, 0.15) is 33.6 Å². The monoisotopic (exact) mass is 199 g/mol. The lowest BCUT2D eigenvalue weighted by atomic mass is 9.98. The molecule has 14 heavy (non-hydrogen) atoms. The fourth-order valence-electron chi connectivity index (χ4n) is 2.18. The van der Waals surface area contributed by atoms with Crippen LogP contribution in [0.3, 0.4) is 0 Å². The molecule has 4 nitrogen and oxygen atoms in total. The highest BCUT2D eigenvalue weighted by molar-refractivity contribution is 5.80. The van der Waals surface area contributed by atoms with Gasteiger partial charge in [0, 0.05) is 18.5 Å². The highest BCUT2D eigenvalue weighted by Gasteiger charge is 2.38. The summed E-state index contributed by atoms with van der Waals surface area (Å²) >= 11 is 0. The SMILES string of the molecule is CC(C)N1C(=O)C[C@@H](CC(=O)O)[C@@H]1C. The minimum atomic E-state index is -0.819. The zero-order chi connectivity index (χ0) is 10.9. The molecule has 0 saturated carbocycles. The lowest BCUT2D eigenvalue weighted by molar-refractivity contribution is -0.138. The fourth-order valence-corrected chi connectivity index (χ4v) is 2.18. The second-order valence-corrected chi connectivity index (χ2v) is 4.20. The normalized spacial score (nSPS) is 27.4. The molecule has 0 unspecified atom stereocenters. The fraction of sp³-hybridized carbons (Fsp3) is 0.800. The third kappa shape index (κ3) is 2.05. The van der Waals surface area contributed by atoms with Gasteiger partial charge in [-0.3, -0.25) is 9.59 Å². The third-order valence-corrected chi connectivity index (χ3v) is 2.84. The number of rotatable bonds is 3. The molecule has 80 valence electrons. The predicted molar refractivity (Wildman–Crippen MR) is 51.8 cm³/mol. The molecule has 4 heteroatoms. The average molecular weight is 199 g/mol. The van der Waals surface area contributed by atoms with Crippen molar-refractivity contribution in [3.8, 4) is 0 Å². The van der Waals surface area contributed by atoms with Gasteiger partial charge in [0.05, 0.1) is 6.42 Å². The first-order valence-electron chi connectivity index (χ1n) is 4.96. The summed E-state index contributed by atoms with van der Waals surface area (Å²) in [7, 11) is 0. The maximum Gasteiger partial charge on any atom is 0.303 e. The Bertz CT molecular complexity index is 250. The number of carbonyl (C=O) groups excluding carboxylic acids is 1. The molecule has 0 aromatic heterocycles. The van der Waals surface area contributed by atoms with Gasteiger partial charge in [-0.2, -0.15) is 0 Å². The first-order chi connectivity index (χ1) is 6.43.